The normalized spacial score (nSPS) is 16.9. The topological polar surface area (TPSA) is 85.9 Å². The second kappa shape index (κ2) is 8.29. The van der Waals surface area contributed by atoms with Crippen molar-refractivity contribution in [1.29, 1.82) is 0 Å². The van der Waals surface area contributed by atoms with E-state index in [2.05, 4.69) is 20.6 Å². The van der Waals surface area contributed by atoms with Crippen molar-refractivity contribution in [1.82, 2.24) is 25.2 Å². The van der Waals surface area contributed by atoms with Crippen LogP contribution in [0.4, 0.5) is 10.6 Å². The van der Waals surface area contributed by atoms with Crippen molar-refractivity contribution >= 4 is 22.9 Å². The van der Waals surface area contributed by atoms with E-state index in [0.29, 0.717) is 19.6 Å². The molecule has 2 amide bonds. The Morgan fingerprint density at radius 2 is 2.14 bits per heavy atom. The molecule has 2 aromatic heterocycles. The number of nitrogens with zero attached hydrogens (tertiary/aromatic N) is 3. The lowest BCUT2D eigenvalue weighted by atomic mass is 9.98. The smallest absolute Gasteiger partial charge is 0.317 e. The molecule has 4 rings (SSSR count). The minimum Gasteiger partial charge on any atom is -0.368 e. The maximum Gasteiger partial charge on any atom is 0.317 e. The molecule has 1 aliphatic rings. The predicted octanol–water partition coefficient (Wildman–Crippen LogP) is 3.27. The number of benzene rings is 1. The Kier molecular flexibility index (Phi) is 5.41. The molecule has 1 fully saturated rings. The molecule has 0 unspecified atom stereocenters. The Bertz CT molecular complexity index is 920. The Morgan fingerprint density at radius 3 is 3.00 bits per heavy atom. The van der Waals surface area contributed by atoms with Gasteiger partial charge in [-0.15, -0.1) is 0 Å². The van der Waals surface area contributed by atoms with Gasteiger partial charge in [0.05, 0.1) is 11.0 Å². The molecule has 1 atom stereocenters. The fraction of sp³-hybridized carbons (Fsp3) is 0.381. The lowest BCUT2D eigenvalue weighted by molar-refractivity contribution is 0.179. The van der Waals surface area contributed by atoms with E-state index < -0.39 is 0 Å². The average Bonchev–Trinajstić information content (AvgIpc) is 3.17. The van der Waals surface area contributed by atoms with E-state index in [1.165, 1.54) is 0 Å². The number of aryl methyl sites for hydroxylation is 1. The van der Waals surface area contributed by atoms with E-state index in [4.69, 9.17) is 4.98 Å². The summed E-state index contributed by atoms with van der Waals surface area (Å²) < 4.78 is 0. The number of rotatable bonds is 5. The first-order valence-corrected chi connectivity index (χ1v) is 9.83. The summed E-state index contributed by atoms with van der Waals surface area (Å²) in [6.07, 6.45) is 3.80. The molecule has 3 aromatic rings. The van der Waals surface area contributed by atoms with Gasteiger partial charge < -0.3 is 20.5 Å². The maximum atomic E-state index is 12.6. The fourth-order valence-electron chi connectivity index (χ4n) is 3.68. The number of hydrogen-bond donors (Lipinski definition) is 3. The molecule has 1 aromatic carbocycles. The number of likely N-dealkylation sites (tertiary alicyclic amines) is 1. The van der Waals surface area contributed by atoms with E-state index in [1.807, 2.05) is 48.2 Å². The number of amides is 2. The van der Waals surface area contributed by atoms with E-state index in [0.717, 1.165) is 47.6 Å². The molecule has 3 heterocycles. The SMILES string of the molecule is Cc1cccnc1NCCNC(=O)N1CCC[C@H](c2nc3ccccc3[nH]2)C1. The van der Waals surface area contributed by atoms with Gasteiger partial charge in [0.1, 0.15) is 11.6 Å². The highest BCUT2D eigenvalue weighted by Gasteiger charge is 2.26. The zero-order chi connectivity index (χ0) is 19.3. The maximum absolute atomic E-state index is 12.6. The van der Waals surface area contributed by atoms with Gasteiger partial charge >= 0.3 is 6.03 Å². The van der Waals surface area contributed by atoms with E-state index in [-0.39, 0.29) is 11.9 Å². The summed E-state index contributed by atoms with van der Waals surface area (Å²) in [7, 11) is 0. The third-order valence-electron chi connectivity index (χ3n) is 5.21. The van der Waals surface area contributed by atoms with Gasteiger partial charge in [0.15, 0.2) is 0 Å². The number of carbonyl (C=O) groups is 1. The van der Waals surface area contributed by atoms with Crippen LogP contribution in [0.25, 0.3) is 11.0 Å². The number of aromatic nitrogens is 3. The van der Waals surface area contributed by atoms with Crippen LogP contribution in [-0.2, 0) is 0 Å². The summed E-state index contributed by atoms with van der Waals surface area (Å²) in [5.74, 6) is 2.09. The molecule has 0 aliphatic carbocycles. The van der Waals surface area contributed by atoms with Crippen LogP contribution in [0.15, 0.2) is 42.6 Å². The number of pyridine rings is 1. The van der Waals surface area contributed by atoms with Crippen molar-refractivity contribution in [2.24, 2.45) is 0 Å². The number of piperidine rings is 1. The van der Waals surface area contributed by atoms with Gasteiger partial charge in [0.2, 0.25) is 0 Å². The number of carbonyl (C=O) groups excluding carboxylic acids is 1. The van der Waals surface area contributed by atoms with Gasteiger partial charge in [-0.25, -0.2) is 14.8 Å². The quantitative estimate of drug-likeness (QED) is 0.595. The first kappa shape index (κ1) is 18.3. The number of nitrogens with one attached hydrogen (secondary N) is 3. The van der Waals surface area contributed by atoms with Gasteiger partial charge in [-0.3, -0.25) is 0 Å². The molecular formula is C21H26N6O. The minimum absolute atomic E-state index is 0.0136. The third-order valence-corrected chi connectivity index (χ3v) is 5.21. The summed E-state index contributed by atoms with van der Waals surface area (Å²) in [4.78, 5) is 26.9. The van der Waals surface area contributed by atoms with Crippen molar-refractivity contribution in [3.63, 3.8) is 0 Å². The van der Waals surface area contributed by atoms with E-state index in [9.17, 15) is 4.79 Å². The van der Waals surface area contributed by atoms with E-state index >= 15 is 0 Å². The number of fused-ring (bicyclic) bond motifs is 1. The number of urea groups is 1. The van der Waals surface area contributed by atoms with Crippen LogP contribution in [-0.4, -0.2) is 52.1 Å². The zero-order valence-corrected chi connectivity index (χ0v) is 16.1. The van der Waals surface area contributed by atoms with Gasteiger partial charge in [0, 0.05) is 38.3 Å². The number of imidazole rings is 1. The number of H-pyrrole nitrogens is 1. The second-order valence-electron chi connectivity index (χ2n) is 7.25. The standard InChI is InChI=1S/C21H26N6O/c1-15-6-4-10-22-19(15)23-11-12-24-21(28)27-13-5-7-16(14-27)20-25-17-8-2-3-9-18(17)26-20/h2-4,6,8-10,16H,5,7,11-14H2,1H3,(H,22,23)(H,24,28)(H,25,26)/t16-/m0/s1. The van der Waals surface area contributed by atoms with Crippen molar-refractivity contribution in [3.05, 3.63) is 54.0 Å². The van der Waals surface area contributed by atoms with E-state index in [1.54, 1.807) is 6.20 Å². The minimum atomic E-state index is -0.0136. The van der Waals surface area contributed by atoms with Crippen LogP contribution in [0.3, 0.4) is 0 Å². The Labute approximate surface area is 164 Å². The molecule has 0 bridgehead atoms. The molecule has 7 nitrogen and oxygen atoms in total. The van der Waals surface area contributed by atoms with Crippen LogP contribution in [0.1, 0.15) is 30.1 Å². The van der Waals surface area contributed by atoms with Crippen molar-refractivity contribution in [3.8, 4) is 0 Å². The number of para-hydroxylation sites is 2. The number of anilines is 1. The zero-order valence-electron chi connectivity index (χ0n) is 16.1. The summed E-state index contributed by atoms with van der Waals surface area (Å²) in [5, 5.41) is 6.27. The molecule has 28 heavy (non-hydrogen) atoms. The van der Waals surface area contributed by atoms with Gasteiger partial charge in [-0.1, -0.05) is 18.2 Å². The lowest BCUT2D eigenvalue weighted by Gasteiger charge is -2.31. The first-order valence-electron chi connectivity index (χ1n) is 9.83. The summed E-state index contributed by atoms with van der Waals surface area (Å²) in [5.41, 5.74) is 3.13. The van der Waals surface area contributed by atoms with Crippen molar-refractivity contribution in [2.45, 2.75) is 25.7 Å². The molecular weight excluding hydrogens is 352 g/mol. The number of hydrogen-bond acceptors (Lipinski definition) is 4. The molecule has 0 saturated carbocycles. The lowest BCUT2D eigenvalue weighted by Crippen LogP contribution is -2.46. The summed E-state index contributed by atoms with van der Waals surface area (Å²) in [6.45, 7) is 4.69. The highest BCUT2D eigenvalue weighted by atomic mass is 16.2. The van der Waals surface area contributed by atoms with Gasteiger partial charge in [-0.2, -0.15) is 0 Å². The third kappa shape index (κ3) is 4.08. The molecule has 0 radical (unpaired) electrons. The number of aromatic amines is 1. The van der Waals surface area contributed by atoms with Crippen LogP contribution in [0, 0.1) is 6.92 Å². The summed E-state index contributed by atoms with van der Waals surface area (Å²) in [6, 6.07) is 12.0. The molecule has 0 spiro atoms. The molecule has 1 saturated heterocycles. The molecule has 146 valence electrons. The highest BCUT2D eigenvalue weighted by molar-refractivity contribution is 5.75. The highest BCUT2D eigenvalue weighted by Crippen LogP contribution is 2.26. The molecule has 3 N–H and O–H groups in total. The molecule has 1 aliphatic heterocycles. The van der Waals surface area contributed by atoms with Crippen LogP contribution < -0.4 is 10.6 Å². The summed E-state index contributed by atoms with van der Waals surface area (Å²) >= 11 is 0. The Morgan fingerprint density at radius 1 is 1.25 bits per heavy atom. The van der Waals surface area contributed by atoms with Crippen LogP contribution in [0.5, 0.6) is 0 Å². The average molecular weight is 378 g/mol. The van der Waals surface area contributed by atoms with Gasteiger partial charge in [-0.05, 0) is 43.5 Å². The second-order valence-corrected chi connectivity index (χ2v) is 7.25. The van der Waals surface area contributed by atoms with Crippen LogP contribution >= 0.6 is 0 Å². The Balaban J connectivity index is 1.29. The molecule has 7 heteroatoms. The monoisotopic (exact) mass is 378 g/mol. The fourth-order valence-corrected chi connectivity index (χ4v) is 3.68. The van der Waals surface area contributed by atoms with Crippen molar-refractivity contribution in [2.75, 3.05) is 31.5 Å². The van der Waals surface area contributed by atoms with Gasteiger partial charge in [0.25, 0.3) is 0 Å². The Hall–Kier alpha value is -3.09. The van der Waals surface area contributed by atoms with Crippen molar-refractivity contribution < 1.29 is 4.79 Å². The first-order chi connectivity index (χ1) is 13.7. The van der Waals surface area contributed by atoms with Crippen LogP contribution in [0.2, 0.25) is 0 Å². The predicted molar refractivity (Wildman–Crippen MR) is 111 cm³/mol. The largest absolute Gasteiger partial charge is 0.368 e.